The van der Waals surface area contributed by atoms with Crippen LogP contribution < -0.4 is 20.7 Å². The lowest BCUT2D eigenvalue weighted by atomic mass is 10.1. The highest BCUT2D eigenvalue weighted by Gasteiger charge is 2.22. The van der Waals surface area contributed by atoms with Gasteiger partial charge in [-0.3, -0.25) is 14.4 Å². The molecule has 3 amide bonds. The Hall–Kier alpha value is -2.69. The van der Waals surface area contributed by atoms with E-state index in [9.17, 15) is 19.2 Å². The Morgan fingerprint density at radius 2 is 1.79 bits per heavy atom. The molecule has 38 heavy (non-hydrogen) atoms. The fraction of sp³-hybridized carbons (Fsp3) is 0.520. The summed E-state index contributed by atoms with van der Waals surface area (Å²) in [6, 6.07) is 4.24. The molecular weight excluding hydrogens is 561 g/mol. The molecule has 1 unspecified atom stereocenters. The minimum Gasteiger partial charge on any atom is -0.497 e. The molecule has 0 saturated heterocycles. The predicted molar refractivity (Wildman–Crippen MR) is 148 cm³/mol. The van der Waals surface area contributed by atoms with Crippen molar-refractivity contribution in [2.24, 2.45) is 0 Å². The van der Waals surface area contributed by atoms with E-state index in [2.05, 4.69) is 16.0 Å². The van der Waals surface area contributed by atoms with Crippen molar-refractivity contribution in [2.75, 3.05) is 25.6 Å². The summed E-state index contributed by atoms with van der Waals surface area (Å²) in [5.41, 5.74) is 0.443. The molecule has 0 aromatic heterocycles. The summed E-state index contributed by atoms with van der Waals surface area (Å²) < 4.78 is 13.5. The number of rotatable bonds is 12. The number of halogens is 3. The Kier molecular flexibility index (Phi) is 13.7. The monoisotopic (exact) mass is 593 g/mol. The molecule has 1 aromatic carbocycles. The van der Waals surface area contributed by atoms with Gasteiger partial charge in [0.05, 0.1) is 12.8 Å². The summed E-state index contributed by atoms with van der Waals surface area (Å²) in [4.78, 5) is 48.3. The summed E-state index contributed by atoms with van der Waals surface area (Å²) in [7, 11) is 1.50. The van der Waals surface area contributed by atoms with Crippen LogP contribution in [0.3, 0.4) is 0 Å². The Labute approximate surface area is 237 Å². The smallest absolute Gasteiger partial charge is 0.408 e. The van der Waals surface area contributed by atoms with E-state index in [1.165, 1.54) is 14.0 Å². The van der Waals surface area contributed by atoms with Crippen LogP contribution in [0, 0.1) is 0 Å². The normalized spacial score (nSPS) is 12.4. The van der Waals surface area contributed by atoms with Gasteiger partial charge in [-0.25, -0.2) is 4.79 Å². The fourth-order valence-electron chi connectivity index (χ4n) is 2.79. The van der Waals surface area contributed by atoms with Crippen molar-refractivity contribution in [2.45, 2.75) is 62.4 Å². The van der Waals surface area contributed by atoms with Crippen molar-refractivity contribution in [3.63, 3.8) is 0 Å². The van der Waals surface area contributed by atoms with Gasteiger partial charge in [0.15, 0.2) is 0 Å². The lowest BCUT2D eigenvalue weighted by Gasteiger charge is -2.20. The molecule has 0 spiro atoms. The van der Waals surface area contributed by atoms with Crippen molar-refractivity contribution >= 4 is 70.4 Å². The molecule has 10 nitrogen and oxygen atoms in total. The van der Waals surface area contributed by atoms with Crippen LogP contribution in [-0.4, -0.2) is 59.6 Å². The summed E-state index contributed by atoms with van der Waals surface area (Å²) >= 11 is 16.7. The molecule has 13 heteroatoms. The average molecular weight is 595 g/mol. The SMILES string of the molecule is COc1ccc(/C=C/CCCC(=O)OCC(Cl)(Cl)Cl)c(NC(=O)C(C)NC(=O)CNC(=O)OC(C)(C)C)c1. The molecule has 0 aliphatic rings. The number of amides is 3. The van der Waals surface area contributed by atoms with Gasteiger partial charge in [0.1, 0.15) is 30.5 Å². The van der Waals surface area contributed by atoms with Crippen LogP contribution >= 0.6 is 34.8 Å². The van der Waals surface area contributed by atoms with Crippen LogP contribution in [0.5, 0.6) is 5.75 Å². The lowest BCUT2D eigenvalue weighted by Crippen LogP contribution is -2.46. The number of benzene rings is 1. The number of alkyl carbamates (subject to hydrolysis) is 1. The largest absolute Gasteiger partial charge is 0.497 e. The van der Waals surface area contributed by atoms with Crippen LogP contribution in [0.4, 0.5) is 10.5 Å². The maximum atomic E-state index is 12.7. The fourth-order valence-corrected chi connectivity index (χ4v) is 2.95. The third-order valence-corrected chi connectivity index (χ3v) is 4.85. The number of nitrogens with one attached hydrogen (secondary N) is 3. The summed E-state index contributed by atoms with van der Waals surface area (Å²) in [5, 5.41) is 7.62. The first-order valence-corrected chi connectivity index (χ1v) is 12.9. The Bertz CT molecular complexity index is 1000. The number of hydrogen-bond donors (Lipinski definition) is 3. The zero-order valence-electron chi connectivity index (χ0n) is 22.0. The summed E-state index contributed by atoms with van der Waals surface area (Å²) in [6.07, 6.45) is 4.10. The average Bonchev–Trinajstić information content (AvgIpc) is 2.80. The first kappa shape index (κ1) is 33.3. The second kappa shape index (κ2) is 15.7. The lowest BCUT2D eigenvalue weighted by molar-refractivity contribution is -0.143. The highest BCUT2D eigenvalue weighted by molar-refractivity contribution is 6.67. The highest BCUT2D eigenvalue weighted by Crippen LogP contribution is 2.26. The number of allylic oxidation sites excluding steroid dienone is 1. The van der Waals surface area contributed by atoms with Crippen LogP contribution in [0.25, 0.3) is 6.08 Å². The topological polar surface area (TPSA) is 132 Å². The van der Waals surface area contributed by atoms with Crippen molar-refractivity contribution in [3.05, 3.63) is 29.8 Å². The third kappa shape index (κ3) is 14.9. The second-order valence-corrected chi connectivity index (χ2v) is 11.7. The first-order valence-electron chi connectivity index (χ1n) is 11.7. The van der Waals surface area contributed by atoms with Crippen molar-refractivity contribution in [1.29, 1.82) is 0 Å². The van der Waals surface area contributed by atoms with E-state index in [0.717, 1.165) is 0 Å². The molecule has 3 N–H and O–H groups in total. The van der Waals surface area contributed by atoms with Gasteiger partial charge in [-0.05, 0) is 58.2 Å². The zero-order chi connectivity index (χ0) is 28.9. The van der Waals surface area contributed by atoms with Gasteiger partial charge in [0, 0.05) is 12.5 Å². The van der Waals surface area contributed by atoms with Gasteiger partial charge in [-0.2, -0.15) is 0 Å². The van der Waals surface area contributed by atoms with Gasteiger partial charge in [-0.15, -0.1) is 0 Å². The number of methoxy groups -OCH3 is 1. The Morgan fingerprint density at radius 1 is 1.11 bits per heavy atom. The number of ether oxygens (including phenoxy) is 3. The van der Waals surface area contributed by atoms with Crippen LogP contribution in [0.1, 0.15) is 52.5 Å². The molecule has 0 fully saturated rings. The van der Waals surface area contributed by atoms with Crippen LogP contribution in [0.15, 0.2) is 24.3 Å². The van der Waals surface area contributed by atoms with E-state index < -0.39 is 39.3 Å². The van der Waals surface area contributed by atoms with E-state index >= 15 is 0 Å². The van der Waals surface area contributed by atoms with Gasteiger partial charge in [0.25, 0.3) is 0 Å². The number of alkyl halides is 3. The standard InChI is InChI=1S/C25H34Cl3N3O7/c1-16(30-20(32)14-29-23(35)38-24(2,3)4)22(34)31-19-13-18(36-5)12-11-17(19)9-7-6-8-10-21(33)37-15-25(26,27)28/h7,9,11-13,16H,6,8,10,14-15H2,1-5H3,(H,29,35)(H,30,32)(H,31,34)/b9-7+. The van der Waals surface area contributed by atoms with E-state index in [-0.39, 0.29) is 19.6 Å². The minimum atomic E-state index is -1.65. The van der Waals surface area contributed by atoms with E-state index in [1.807, 2.05) is 6.08 Å². The van der Waals surface area contributed by atoms with Crippen molar-refractivity contribution < 1.29 is 33.4 Å². The molecule has 1 aromatic rings. The Balaban J connectivity index is 2.66. The summed E-state index contributed by atoms with van der Waals surface area (Å²) in [6.45, 7) is 5.95. The predicted octanol–water partition coefficient (Wildman–Crippen LogP) is 4.76. The van der Waals surface area contributed by atoms with Crippen molar-refractivity contribution in [1.82, 2.24) is 10.6 Å². The maximum Gasteiger partial charge on any atom is 0.408 e. The van der Waals surface area contributed by atoms with Crippen LogP contribution in [-0.2, 0) is 23.9 Å². The van der Waals surface area contributed by atoms with Crippen molar-refractivity contribution in [3.8, 4) is 5.75 Å². The molecule has 1 atom stereocenters. The summed E-state index contributed by atoms with van der Waals surface area (Å²) in [5.74, 6) is -0.987. The number of esters is 1. The molecule has 1 rings (SSSR count). The molecule has 0 bridgehead atoms. The Morgan fingerprint density at radius 3 is 2.39 bits per heavy atom. The molecule has 0 saturated carbocycles. The second-order valence-electron chi connectivity index (χ2n) is 9.16. The number of hydrogen-bond acceptors (Lipinski definition) is 7. The highest BCUT2D eigenvalue weighted by atomic mass is 35.6. The van der Waals surface area contributed by atoms with E-state index in [0.29, 0.717) is 29.8 Å². The van der Waals surface area contributed by atoms with Gasteiger partial charge in [-0.1, -0.05) is 47.0 Å². The maximum absolute atomic E-state index is 12.7. The molecule has 212 valence electrons. The quantitative estimate of drug-likeness (QED) is 0.181. The molecular formula is C25H34Cl3N3O7. The van der Waals surface area contributed by atoms with Gasteiger partial charge in [0.2, 0.25) is 15.6 Å². The number of anilines is 1. The van der Waals surface area contributed by atoms with E-state index in [1.54, 1.807) is 45.0 Å². The first-order chi connectivity index (χ1) is 17.6. The number of carbonyl (C=O) groups excluding carboxylic acids is 4. The molecule has 0 radical (unpaired) electrons. The molecule has 0 heterocycles. The zero-order valence-corrected chi connectivity index (χ0v) is 24.3. The van der Waals surface area contributed by atoms with Crippen LogP contribution in [0.2, 0.25) is 0 Å². The minimum absolute atomic E-state index is 0.150. The number of unbranched alkanes of at least 4 members (excludes halogenated alkanes) is 1. The number of carbonyl (C=O) groups is 4. The van der Waals surface area contributed by atoms with Gasteiger partial charge < -0.3 is 30.2 Å². The molecule has 0 aliphatic carbocycles. The molecule has 0 aliphatic heterocycles. The third-order valence-electron chi connectivity index (χ3n) is 4.53. The van der Waals surface area contributed by atoms with Gasteiger partial charge >= 0.3 is 12.1 Å². The van der Waals surface area contributed by atoms with E-state index in [4.69, 9.17) is 49.0 Å².